The van der Waals surface area contributed by atoms with Gasteiger partial charge in [0.15, 0.2) is 23.3 Å². The molecule has 0 spiro atoms. The van der Waals surface area contributed by atoms with Gasteiger partial charge in [-0.05, 0) is 42.5 Å². The molecule has 0 radical (unpaired) electrons. The van der Waals surface area contributed by atoms with Crippen molar-refractivity contribution in [1.29, 1.82) is 0 Å². The lowest BCUT2D eigenvalue weighted by Crippen LogP contribution is -2.07. The van der Waals surface area contributed by atoms with Crippen LogP contribution in [0.2, 0.25) is 0 Å². The van der Waals surface area contributed by atoms with E-state index in [4.69, 9.17) is 29.9 Å². The molecular formula is C54H32N8S. The summed E-state index contributed by atoms with van der Waals surface area (Å²) >= 11 is 1.81. The van der Waals surface area contributed by atoms with Crippen LogP contribution in [0.15, 0.2) is 194 Å². The number of rotatable bonds is 6. The smallest absolute Gasteiger partial charge is 0.238 e. The molecule has 0 aliphatic carbocycles. The van der Waals surface area contributed by atoms with E-state index in [0.29, 0.717) is 35.2 Å². The lowest BCUT2D eigenvalue weighted by molar-refractivity contribution is 0.952. The van der Waals surface area contributed by atoms with Gasteiger partial charge in [-0.25, -0.2) is 9.97 Å². The van der Waals surface area contributed by atoms with E-state index in [2.05, 4.69) is 112 Å². The van der Waals surface area contributed by atoms with Crippen molar-refractivity contribution in [2.45, 2.75) is 0 Å². The lowest BCUT2D eigenvalue weighted by atomic mass is 10.1. The van der Waals surface area contributed by atoms with Crippen LogP contribution in [0.4, 0.5) is 0 Å². The molecule has 0 unspecified atom stereocenters. The van der Waals surface area contributed by atoms with E-state index in [-0.39, 0.29) is 0 Å². The molecule has 9 heteroatoms. The summed E-state index contributed by atoms with van der Waals surface area (Å²) in [5.74, 6) is 3.47. The molecule has 63 heavy (non-hydrogen) atoms. The minimum absolute atomic E-state index is 0.538. The fraction of sp³-hybridized carbons (Fsp3) is 0. The largest absolute Gasteiger partial charge is 0.278 e. The summed E-state index contributed by atoms with van der Waals surface area (Å²) in [6.07, 6.45) is 0. The van der Waals surface area contributed by atoms with Gasteiger partial charge in [0.1, 0.15) is 0 Å². The predicted molar refractivity (Wildman–Crippen MR) is 257 cm³/mol. The molecule has 0 atom stereocenters. The van der Waals surface area contributed by atoms with Gasteiger partial charge in [0.05, 0.1) is 22.1 Å². The molecule has 0 saturated heterocycles. The van der Waals surface area contributed by atoms with Crippen molar-refractivity contribution < 1.29 is 0 Å². The van der Waals surface area contributed by atoms with Crippen LogP contribution >= 0.6 is 11.3 Å². The molecule has 0 aliphatic heterocycles. The highest BCUT2D eigenvalue weighted by atomic mass is 32.1. The summed E-state index contributed by atoms with van der Waals surface area (Å²) in [6.45, 7) is 0. The Bertz CT molecular complexity index is 3800. The normalized spacial score (nSPS) is 11.8. The Hall–Kier alpha value is -8.40. The third-order valence-electron chi connectivity index (χ3n) is 11.9. The maximum Gasteiger partial charge on any atom is 0.238 e. The van der Waals surface area contributed by atoms with Gasteiger partial charge >= 0.3 is 0 Å². The summed E-state index contributed by atoms with van der Waals surface area (Å²) in [5.41, 5.74) is 7.62. The maximum atomic E-state index is 5.31. The first-order chi connectivity index (χ1) is 31.2. The molecule has 8 aromatic carbocycles. The molecular weight excluding hydrogens is 793 g/mol. The fourth-order valence-corrected chi connectivity index (χ4v) is 10.2. The van der Waals surface area contributed by atoms with Crippen molar-refractivity contribution in [2.75, 3.05) is 0 Å². The molecule has 0 amide bonds. The van der Waals surface area contributed by atoms with Gasteiger partial charge in [0, 0.05) is 64.0 Å². The summed E-state index contributed by atoms with van der Waals surface area (Å²) in [7, 11) is 0. The summed E-state index contributed by atoms with van der Waals surface area (Å²) in [5, 5.41) is 6.88. The molecule has 0 saturated carbocycles. The quantitative estimate of drug-likeness (QED) is 0.166. The molecule has 5 heterocycles. The number of hydrogen-bond acceptors (Lipinski definition) is 7. The van der Waals surface area contributed by atoms with Crippen LogP contribution in [0.1, 0.15) is 0 Å². The number of nitrogens with zero attached hydrogens (tertiary/aromatic N) is 8. The third-order valence-corrected chi connectivity index (χ3v) is 13.1. The second-order valence-electron chi connectivity index (χ2n) is 15.5. The Labute approximate surface area is 364 Å². The van der Waals surface area contributed by atoms with Crippen molar-refractivity contribution in [2.24, 2.45) is 0 Å². The van der Waals surface area contributed by atoms with Gasteiger partial charge in [-0.3, -0.25) is 9.13 Å². The van der Waals surface area contributed by atoms with E-state index in [1.165, 1.54) is 20.2 Å². The third kappa shape index (κ3) is 5.67. The molecule has 0 bridgehead atoms. The van der Waals surface area contributed by atoms with Crippen LogP contribution < -0.4 is 0 Å². The van der Waals surface area contributed by atoms with Gasteiger partial charge in [-0.1, -0.05) is 152 Å². The van der Waals surface area contributed by atoms with Crippen molar-refractivity contribution in [3.8, 4) is 57.4 Å². The second kappa shape index (κ2) is 14.1. The van der Waals surface area contributed by atoms with Crippen molar-refractivity contribution >= 4 is 75.1 Å². The van der Waals surface area contributed by atoms with Crippen LogP contribution in [-0.2, 0) is 0 Å². The number of thiophene rings is 1. The highest BCUT2D eigenvalue weighted by Gasteiger charge is 2.23. The molecule has 13 aromatic rings. The average molecular weight is 825 g/mol. The minimum Gasteiger partial charge on any atom is -0.278 e. The molecule has 0 aliphatic rings. The molecule has 5 aromatic heterocycles. The van der Waals surface area contributed by atoms with Crippen molar-refractivity contribution in [3.63, 3.8) is 0 Å². The zero-order chi connectivity index (χ0) is 41.4. The van der Waals surface area contributed by atoms with Crippen LogP contribution in [0.5, 0.6) is 0 Å². The topological polar surface area (TPSA) is 87.2 Å². The van der Waals surface area contributed by atoms with Gasteiger partial charge in [-0.15, -0.1) is 11.3 Å². The molecule has 8 nitrogen and oxygen atoms in total. The van der Waals surface area contributed by atoms with E-state index >= 15 is 0 Å². The number of benzene rings is 8. The number of hydrogen-bond donors (Lipinski definition) is 0. The molecule has 0 fully saturated rings. The maximum absolute atomic E-state index is 5.31. The highest BCUT2D eigenvalue weighted by molar-refractivity contribution is 7.26. The van der Waals surface area contributed by atoms with Crippen molar-refractivity contribution in [1.82, 2.24) is 39.0 Å². The standard InChI is InChI=1S/C54H32N8S/c1-4-16-33(17-5-1)49-55-50(34-18-6-2-7-19-34)59-54(58-49)62-44-30-28-36(32-41(44)47-45(62)31-29-40-39-24-12-15-27-46(39)63-48(40)47)52-56-51(35-20-8-3-9-21-35)57-53(60-52)61-42-25-13-10-22-37(42)38-23-11-14-26-43(38)61/h1-32H. The summed E-state index contributed by atoms with van der Waals surface area (Å²) in [4.78, 5) is 31.2. The molecule has 294 valence electrons. The number of para-hydroxylation sites is 2. The Morgan fingerprint density at radius 1 is 0.302 bits per heavy atom. The number of fused-ring (bicyclic) bond motifs is 10. The fourth-order valence-electron chi connectivity index (χ4n) is 8.99. The van der Waals surface area contributed by atoms with Crippen LogP contribution in [0.3, 0.4) is 0 Å². The Balaban J connectivity index is 1.10. The van der Waals surface area contributed by atoms with Crippen LogP contribution in [0.25, 0.3) is 121 Å². The summed E-state index contributed by atoms with van der Waals surface area (Å²) < 4.78 is 6.77. The second-order valence-corrected chi connectivity index (χ2v) is 16.6. The zero-order valence-electron chi connectivity index (χ0n) is 33.5. The van der Waals surface area contributed by atoms with Crippen LogP contribution in [0, 0.1) is 0 Å². The first kappa shape index (κ1) is 35.4. The molecule has 0 N–H and O–H groups in total. The van der Waals surface area contributed by atoms with Gasteiger partial charge in [0.25, 0.3) is 0 Å². The highest BCUT2D eigenvalue weighted by Crippen LogP contribution is 2.44. The van der Waals surface area contributed by atoms with Crippen molar-refractivity contribution in [3.05, 3.63) is 194 Å². The van der Waals surface area contributed by atoms with E-state index in [0.717, 1.165) is 65.9 Å². The van der Waals surface area contributed by atoms with Crippen LogP contribution in [-0.4, -0.2) is 39.0 Å². The Morgan fingerprint density at radius 2 is 0.730 bits per heavy atom. The SMILES string of the molecule is c1ccc(-c2nc(-c3ccc4c(c3)c3c5sc6ccccc6c5ccc3n4-c3nc(-c4ccccc4)nc(-c4ccccc4)n3)nc(-n3c4ccccc4c4ccccc43)n2)cc1. The van der Waals surface area contributed by atoms with E-state index in [1.54, 1.807) is 0 Å². The first-order valence-corrected chi connectivity index (χ1v) is 21.6. The summed E-state index contributed by atoms with van der Waals surface area (Å²) in [6, 6.07) is 66.8. The first-order valence-electron chi connectivity index (χ1n) is 20.8. The monoisotopic (exact) mass is 824 g/mol. The molecule has 13 rings (SSSR count). The minimum atomic E-state index is 0.538. The average Bonchev–Trinajstić information content (AvgIpc) is 4.02. The van der Waals surface area contributed by atoms with E-state index in [9.17, 15) is 0 Å². The predicted octanol–water partition coefficient (Wildman–Crippen LogP) is 13.3. The Kier molecular flexibility index (Phi) is 7.91. The number of aromatic nitrogens is 8. The van der Waals surface area contributed by atoms with Gasteiger partial charge in [0.2, 0.25) is 11.9 Å². The lowest BCUT2D eigenvalue weighted by Gasteiger charge is -2.12. The Morgan fingerprint density at radius 3 is 1.29 bits per heavy atom. The van der Waals surface area contributed by atoms with E-state index in [1.807, 2.05) is 102 Å². The van der Waals surface area contributed by atoms with E-state index < -0.39 is 0 Å². The van der Waals surface area contributed by atoms with Gasteiger partial charge < -0.3 is 0 Å². The van der Waals surface area contributed by atoms with Gasteiger partial charge in [-0.2, -0.15) is 19.9 Å². The zero-order valence-corrected chi connectivity index (χ0v) is 34.3.